The summed E-state index contributed by atoms with van der Waals surface area (Å²) in [5.74, 6) is 0.252. The Morgan fingerprint density at radius 2 is 1.96 bits per heavy atom. The SMILES string of the molecule is CC(C(=O)NC1NNNN1)c1ccc(CC2CCCC2=O)cc1. The maximum atomic E-state index is 12.2. The Balaban J connectivity index is 1.57. The predicted octanol–water partition coefficient (Wildman–Crippen LogP) is 0.219. The summed E-state index contributed by atoms with van der Waals surface area (Å²) in [6.07, 6.45) is 3.21. The van der Waals surface area contributed by atoms with E-state index in [4.69, 9.17) is 0 Å². The van der Waals surface area contributed by atoms with Gasteiger partial charge in [0.05, 0.1) is 5.92 Å². The molecule has 1 heterocycles. The number of hydrazine groups is 3. The highest BCUT2D eigenvalue weighted by molar-refractivity contribution is 5.84. The van der Waals surface area contributed by atoms with Crippen LogP contribution < -0.4 is 27.2 Å². The van der Waals surface area contributed by atoms with E-state index in [2.05, 4.69) is 27.2 Å². The van der Waals surface area contributed by atoms with Crippen LogP contribution in [-0.4, -0.2) is 18.0 Å². The second-order valence-corrected chi connectivity index (χ2v) is 6.20. The highest BCUT2D eigenvalue weighted by atomic mass is 16.2. The minimum absolute atomic E-state index is 0.0702. The maximum Gasteiger partial charge on any atom is 0.229 e. The van der Waals surface area contributed by atoms with Crippen LogP contribution in [0.2, 0.25) is 0 Å². The van der Waals surface area contributed by atoms with E-state index in [0.717, 1.165) is 36.8 Å². The molecule has 1 saturated heterocycles. The van der Waals surface area contributed by atoms with Crippen molar-refractivity contribution in [2.75, 3.05) is 0 Å². The molecule has 7 nitrogen and oxygen atoms in total. The second kappa shape index (κ2) is 7.18. The van der Waals surface area contributed by atoms with Crippen molar-refractivity contribution in [2.45, 2.75) is 44.8 Å². The third kappa shape index (κ3) is 3.94. The first kappa shape index (κ1) is 16.1. The van der Waals surface area contributed by atoms with E-state index >= 15 is 0 Å². The lowest BCUT2D eigenvalue weighted by Crippen LogP contribution is -2.50. The molecule has 5 N–H and O–H groups in total. The van der Waals surface area contributed by atoms with E-state index < -0.39 is 0 Å². The molecule has 0 bridgehead atoms. The fraction of sp³-hybridized carbons (Fsp3) is 0.500. The van der Waals surface area contributed by atoms with E-state index in [1.54, 1.807) is 0 Å². The Morgan fingerprint density at radius 3 is 2.57 bits per heavy atom. The number of nitrogens with one attached hydrogen (secondary N) is 5. The largest absolute Gasteiger partial charge is 0.326 e. The van der Waals surface area contributed by atoms with Crippen LogP contribution >= 0.6 is 0 Å². The number of carbonyl (C=O) groups excluding carboxylic acids is 2. The summed E-state index contributed by atoms with van der Waals surface area (Å²) >= 11 is 0. The summed E-state index contributed by atoms with van der Waals surface area (Å²) < 4.78 is 0. The van der Waals surface area contributed by atoms with Gasteiger partial charge in [0.2, 0.25) is 5.91 Å². The van der Waals surface area contributed by atoms with Gasteiger partial charge in [0.25, 0.3) is 0 Å². The fourth-order valence-corrected chi connectivity index (χ4v) is 3.07. The zero-order chi connectivity index (χ0) is 16.2. The molecule has 0 spiro atoms. The monoisotopic (exact) mass is 317 g/mol. The van der Waals surface area contributed by atoms with Crippen molar-refractivity contribution in [3.05, 3.63) is 35.4 Å². The highest BCUT2D eigenvalue weighted by Crippen LogP contribution is 2.25. The van der Waals surface area contributed by atoms with Crippen LogP contribution in [0.3, 0.4) is 0 Å². The van der Waals surface area contributed by atoms with Gasteiger partial charge in [-0.15, -0.1) is 0 Å². The zero-order valence-corrected chi connectivity index (χ0v) is 13.2. The lowest BCUT2D eigenvalue weighted by Gasteiger charge is -2.17. The number of hydrogen-bond acceptors (Lipinski definition) is 6. The van der Waals surface area contributed by atoms with Gasteiger partial charge in [-0.1, -0.05) is 24.3 Å². The first-order valence-corrected chi connectivity index (χ1v) is 8.06. The lowest BCUT2D eigenvalue weighted by atomic mass is 9.94. The molecule has 1 aliphatic carbocycles. The Morgan fingerprint density at radius 1 is 1.26 bits per heavy atom. The average molecular weight is 317 g/mol. The number of hydrogen-bond donors (Lipinski definition) is 5. The smallest absolute Gasteiger partial charge is 0.229 e. The standard InChI is InChI=1S/C16H23N5O2/c1-10(15(23)17-16-18-20-21-19-16)12-7-5-11(6-8-12)9-13-3-2-4-14(13)22/h5-8,10,13,16,18-21H,2-4,9H2,1H3,(H,17,23). The van der Waals surface area contributed by atoms with E-state index in [0.29, 0.717) is 5.78 Å². The van der Waals surface area contributed by atoms with Crippen LogP contribution in [0.25, 0.3) is 0 Å². The normalized spacial score (nSPS) is 23.2. The molecule has 2 aliphatic rings. The molecule has 1 aromatic carbocycles. The second-order valence-electron chi connectivity index (χ2n) is 6.20. The van der Waals surface area contributed by atoms with Crippen molar-refractivity contribution in [1.82, 2.24) is 27.2 Å². The molecule has 0 radical (unpaired) electrons. The molecule has 3 rings (SSSR count). The van der Waals surface area contributed by atoms with Crippen LogP contribution in [0, 0.1) is 5.92 Å². The molecule has 23 heavy (non-hydrogen) atoms. The quantitative estimate of drug-likeness (QED) is 0.533. The summed E-state index contributed by atoms with van der Waals surface area (Å²) in [6, 6.07) is 8.01. The van der Waals surface area contributed by atoms with Crippen molar-refractivity contribution in [1.29, 1.82) is 0 Å². The first-order valence-electron chi connectivity index (χ1n) is 8.06. The minimum Gasteiger partial charge on any atom is -0.326 e. The molecule has 2 atom stereocenters. The van der Waals surface area contributed by atoms with Gasteiger partial charge in [-0.3, -0.25) is 9.59 Å². The number of benzene rings is 1. The van der Waals surface area contributed by atoms with Crippen molar-refractivity contribution in [3.63, 3.8) is 0 Å². The first-order chi connectivity index (χ1) is 11.1. The summed E-state index contributed by atoms with van der Waals surface area (Å²) in [7, 11) is 0. The van der Waals surface area contributed by atoms with Crippen molar-refractivity contribution < 1.29 is 9.59 Å². The Labute approximate surface area is 135 Å². The van der Waals surface area contributed by atoms with Gasteiger partial charge in [-0.2, -0.15) is 11.1 Å². The fourth-order valence-electron chi connectivity index (χ4n) is 3.07. The number of ketones is 1. The molecule has 0 aromatic heterocycles. The van der Waals surface area contributed by atoms with Crippen LogP contribution in [0.1, 0.15) is 43.2 Å². The summed E-state index contributed by atoms with van der Waals surface area (Å²) in [6.45, 7) is 1.88. The summed E-state index contributed by atoms with van der Waals surface area (Å²) in [5.41, 5.74) is 13.0. The van der Waals surface area contributed by atoms with Crippen LogP contribution in [-0.2, 0) is 16.0 Å². The molecular formula is C16H23N5O2. The molecule has 7 heteroatoms. The highest BCUT2D eigenvalue weighted by Gasteiger charge is 2.25. The van der Waals surface area contributed by atoms with Crippen molar-refractivity contribution in [3.8, 4) is 0 Å². The lowest BCUT2D eigenvalue weighted by molar-refractivity contribution is -0.123. The third-order valence-corrected chi connectivity index (χ3v) is 4.57. The molecule has 1 amide bonds. The molecule has 1 saturated carbocycles. The van der Waals surface area contributed by atoms with Crippen molar-refractivity contribution in [2.24, 2.45) is 5.92 Å². The average Bonchev–Trinajstić information content (AvgIpc) is 3.20. The predicted molar refractivity (Wildman–Crippen MR) is 85.4 cm³/mol. The van der Waals surface area contributed by atoms with E-state index in [9.17, 15) is 9.59 Å². The van der Waals surface area contributed by atoms with Gasteiger partial charge in [0, 0.05) is 12.3 Å². The van der Waals surface area contributed by atoms with Crippen LogP contribution in [0.15, 0.2) is 24.3 Å². The van der Waals surface area contributed by atoms with Gasteiger partial charge in [-0.25, -0.2) is 10.9 Å². The van der Waals surface area contributed by atoms with Crippen molar-refractivity contribution >= 4 is 11.7 Å². The Kier molecular flexibility index (Phi) is 5.02. The molecule has 2 unspecified atom stereocenters. The molecule has 1 aliphatic heterocycles. The van der Waals surface area contributed by atoms with Gasteiger partial charge < -0.3 is 5.32 Å². The molecule has 1 aromatic rings. The van der Waals surface area contributed by atoms with Crippen LogP contribution in [0.4, 0.5) is 0 Å². The maximum absolute atomic E-state index is 12.2. The molecular weight excluding hydrogens is 294 g/mol. The van der Waals surface area contributed by atoms with Gasteiger partial charge in [0.1, 0.15) is 5.78 Å². The van der Waals surface area contributed by atoms with E-state index in [1.807, 2.05) is 31.2 Å². The van der Waals surface area contributed by atoms with E-state index in [-0.39, 0.29) is 24.0 Å². The topological polar surface area (TPSA) is 94.3 Å². The summed E-state index contributed by atoms with van der Waals surface area (Å²) in [5, 5.41) is 2.83. The number of rotatable bonds is 5. The van der Waals surface area contributed by atoms with Crippen LogP contribution in [0.5, 0.6) is 0 Å². The van der Waals surface area contributed by atoms with Gasteiger partial charge >= 0.3 is 0 Å². The van der Waals surface area contributed by atoms with E-state index in [1.165, 1.54) is 0 Å². The zero-order valence-electron chi connectivity index (χ0n) is 13.2. The van der Waals surface area contributed by atoms with Gasteiger partial charge in [-0.05, 0) is 37.3 Å². The number of amides is 1. The third-order valence-electron chi connectivity index (χ3n) is 4.57. The molecule has 124 valence electrons. The Hall–Kier alpha value is -1.80. The molecule has 2 fully saturated rings. The number of carbonyl (C=O) groups is 2. The van der Waals surface area contributed by atoms with Gasteiger partial charge in [0.15, 0.2) is 6.29 Å². The minimum atomic E-state index is -0.349. The summed E-state index contributed by atoms with van der Waals surface area (Å²) in [4.78, 5) is 23.9. The number of Topliss-reactive ketones (excluding diaryl/α,β-unsaturated/α-hetero) is 1. The Bertz CT molecular complexity index is 568.